The average Bonchev–Trinajstić information content (AvgIpc) is 3.08. The standard InChI is InChI=1S/C39H69NO14/c1-14-26-39(11,48)32(43)21(5)29(42)19(3)17-38(10,47)34(54-36-31(52-27(41)15-2)25(40(12)13)16-20(4)49-36)22(6)30(23(7)35(45)51-26)53-28-18-37(9,46)33(44)24(8)50-28/h19-26,28,30-34,36,43-44,46-48H,14-18H2,1-13H3/t19-,20-,21+,22+,23-,24+,25+,26?,28+,30?,31-,32-,33+,34-,36+,37-,38-,39-/m1/s1. The van der Waals surface area contributed by atoms with E-state index in [1.54, 1.807) is 41.5 Å². The Hall–Kier alpha value is -1.79. The van der Waals surface area contributed by atoms with Gasteiger partial charge in [-0.25, -0.2) is 0 Å². The summed E-state index contributed by atoms with van der Waals surface area (Å²) in [5.74, 6) is -5.76. The SMILES string of the molecule is CCC(=O)O[C@H]1[C@H](O[C@@H]2[C@@H](C)C(O[C@H]3C[C@@](C)(O)[C@@H](O)[C@H](C)O3)[C@@H](C)C(=O)OC(CC)[C@@](C)(O)[C@H](O)[C@@H](C)C(=O)[C@H](C)C[C@@]2(C)O)O[C@H](C)C[C@@H]1N(C)C. The highest BCUT2D eigenvalue weighted by Crippen LogP contribution is 2.40. The van der Waals surface area contributed by atoms with E-state index >= 15 is 0 Å². The molecule has 5 N–H and O–H groups in total. The number of hydrogen-bond acceptors (Lipinski definition) is 15. The molecule has 15 heteroatoms. The van der Waals surface area contributed by atoms with Gasteiger partial charge in [0.05, 0.1) is 53.7 Å². The van der Waals surface area contributed by atoms with Crippen molar-refractivity contribution in [3.8, 4) is 0 Å². The van der Waals surface area contributed by atoms with E-state index in [2.05, 4.69) is 0 Å². The third kappa shape index (κ3) is 10.4. The van der Waals surface area contributed by atoms with Gasteiger partial charge in [-0.15, -0.1) is 0 Å². The van der Waals surface area contributed by atoms with Gasteiger partial charge in [-0.3, -0.25) is 14.4 Å². The largest absolute Gasteiger partial charge is 0.459 e. The number of likely N-dealkylation sites (N-methyl/N-ethyl adjacent to an activating group) is 1. The van der Waals surface area contributed by atoms with Gasteiger partial charge in [0.15, 0.2) is 18.7 Å². The Morgan fingerprint density at radius 2 is 1.46 bits per heavy atom. The number of aliphatic hydroxyl groups excluding tert-OH is 2. The van der Waals surface area contributed by atoms with Crippen molar-refractivity contribution in [3.05, 3.63) is 0 Å². The van der Waals surface area contributed by atoms with Gasteiger partial charge in [-0.05, 0) is 74.9 Å². The summed E-state index contributed by atoms with van der Waals surface area (Å²) in [5, 5.41) is 57.2. The van der Waals surface area contributed by atoms with E-state index in [1.165, 1.54) is 27.7 Å². The zero-order chi connectivity index (χ0) is 41.2. The van der Waals surface area contributed by atoms with Gasteiger partial charge in [-0.1, -0.05) is 34.6 Å². The summed E-state index contributed by atoms with van der Waals surface area (Å²) >= 11 is 0. The van der Waals surface area contributed by atoms with Crippen LogP contribution in [0.3, 0.4) is 0 Å². The van der Waals surface area contributed by atoms with Gasteiger partial charge in [0.25, 0.3) is 0 Å². The van der Waals surface area contributed by atoms with Gasteiger partial charge in [0.2, 0.25) is 0 Å². The summed E-state index contributed by atoms with van der Waals surface area (Å²) in [6.45, 7) is 17.4. The second-order valence-corrected chi connectivity index (χ2v) is 17.1. The van der Waals surface area contributed by atoms with Crippen LogP contribution in [-0.4, -0.2) is 147 Å². The lowest BCUT2D eigenvalue weighted by Gasteiger charge is -2.49. The van der Waals surface area contributed by atoms with Crippen LogP contribution in [0.5, 0.6) is 0 Å². The number of aliphatic hydroxyl groups is 5. The first-order valence-electron chi connectivity index (χ1n) is 19.6. The van der Waals surface area contributed by atoms with E-state index in [9.17, 15) is 39.9 Å². The number of Topliss-reactive ketones (excluding diaryl/α,β-unsaturated/α-hetero) is 1. The molecule has 3 rings (SSSR count). The number of nitrogens with zero attached hydrogens (tertiary/aromatic N) is 1. The normalized spacial score (nSPS) is 47.5. The quantitative estimate of drug-likeness (QED) is 0.224. The molecular formula is C39H69NO14. The van der Waals surface area contributed by atoms with Crippen molar-refractivity contribution in [3.63, 3.8) is 0 Å². The molecule has 0 spiro atoms. The maximum atomic E-state index is 14.1. The second-order valence-electron chi connectivity index (χ2n) is 17.1. The highest BCUT2D eigenvalue weighted by Gasteiger charge is 2.53. The second kappa shape index (κ2) is 18.2. The van der Waals surface area contributed by atoms with E-state index in [-0.39, 0.29) is 37.8 Å². The van der Waals surface area contributed by atoms with Crippen LogP contribution in [0.2, 0.25) is 0 Å². The number of ether oxygens (including phenoxy) is 6. The summed E-state index contributed by atoms with van der Waals surface area (Å²) in [6, 6.07) is -0.332. The average molecular weight is 776 g/mol. The van der Waals surface area contributed by atoms with E-state index < -0.39 is 114 Å². The van der Waals surface area contributed by atoms with E-state index in [0.29, 0.717) is 6.42 Å². The molecule has 3 heterocycles. The number of carbonyl (C=O) groups is 3. The molecule has 2 unspecified atom stereocenters. The Balaban J connectivity index is 2.23. The van der Waals surface area contributed by atoms with E-state index in [1.807, 2.05) is 25.9 Å². The Labute approximate surface area is 320 Å². The first-order chi connectivity index (χ1) is 24.8. The lowest BCUT2D eigenvalue weighted by atomic mass is 9.74. The van der Waals surface area contributed by atoms with E-state index in [4.69, 9.17) is 28.4 Å². The molecule has 54 heavy (non-hydrogen) atoms. The molecule has 0 aromatic heterocycles. The lowest BCUT2D eigenvalue weighted by Crippen LogP contribution is -2.61. The van der Waals surface area contributed by atoms with Crippen molar-refractivity contribution in [2.24, 2.45) is 23.7 Å². The first kappa shape index (κ1) is 46.6. The predicted molar refractivity (Wildman–Crippen MR) is 196 cm³/mol. The van der Waals surface area contributed by atoms with Gasteiger partial charge in [-0.2, -0.15) is 0 Å². The Morgan fingerprint density at radius 3 is 2.00 bits per heavy atom. The third-order valence-corrected chi connectivity index (χ3v) is 11.9. The van der Waals surface area contributed by atoms with Crippen molar-refractivity contribution >= 4 is 17.7 Å². The summed E-state index contributed by atoms with van der Waals surface area (Å²) in [6.07, 6.45) is -10.7. The van der Waals surface area contributed by atoms with Crippen LogP contribution < -0.4 is 0 Å². The third-order valence-electron chi connectivity index (χ3n) is 11.9. The van der Waals surface area contributed by atoms with Crippen LogP contribution in [0.1, 0.15) is 108 Å². The molecule has 314 valence electrons. The van der Waals surface area contributed by atoms with Crippen molar-refractivity contribution in [2.75, 3.05) is 14.1 Å². The van der Waals surface area contributed by atoms with Crippen molar-refractivity contribution < 1.29 is 68.3 Å². The maximum Gasteiger partial charge on any atom is 0.311 e. The van der Waals surface area contributed by atoms with Crippen LogP contribution in [-0.2, 0) is 42.8 Å². The summed E-state index contributed by atoms with van der Waals surface area (Å²) in [4.78, 5) is 42.7. The fourth-order valence-electron chi connectivity index (χ4n) is 8.57. The van der Waals surface area contributed by atoms with Gasteiger partial charge < -0.3 is 58.9 Å². The van der Waals surface area contributed by atoms with Crippen molar-refractivity contribution in [2.45, 2.75) is 193 Å². The number of carbonyl (C=O) groups excluding carboxylic acids is 3. The van der Waals surface area contributed by atoms with Crippen LogP contribution in [0.4, 0.5) is 0 Å². The molecule has 0 aromatic carbocycles. The van der Waals surface area contributed by atoms with Gasteiger partial charge >= 0.3 is 11.9 Å². The molecule has 15 nitrogen and oxygen atoms in total. The molecule has 3 aliphatic heterocycles. The van der Waals surface area contributed by atoms with Crippen molar-refractivity contribution in [1.29, 1.82) is 0 Å². The molecule has 3 saturated heterocycles. The van der Waals surface area contributed by atoms with Crippen LogP contribution in [0, 0.1) is 23.7 Å². The highest BCUT2D eigenvalue weighted by molar-refractivity contribution is 5.83. The highest BCUT2D eigenvalue weighted by atomic mass is 16.7. The summed E-state index contributed by atoms with van der Waals surface area (Å²) in [5.41, 5.74) is -5.50. The fraction of sp³-hybridized carbons (Fsp3) is 0.923. The Morgan fingerprint density at radius 1 is 0.852 bits per heavy atom. The number of hydrogen-bond donors (Lipinski definition) is 5. The lowest BCUT2D eigenvalue weighted by molar-refractivity contribution is -0.317. The fourth-order valence-corrected chi connectivity index (χ4v) is 8.57. The van der Waals surface area contributed by atoms with Crippen LogP contribution in [0.25, 0.3) is 0 Å². The number of esters is 2. The Bertz CT molecular complexity index is 1270. The Kier molecular flexibility index (Phi) is 15.7. The first-order valence-corrected chi connectivity index (χ1v) is 19.6. The topological polar surface area (TPSA) is 211 Å². The molecule has 3 aliphatic rings. The molecule has 0 radical (unpaired) electrons. The van der Waals surface area contributed by atoms with E-state index in [0.717, 1.165) is 0 Å². The van der Waals surface area contributed by atoms with Crippen LogP contribution >= 0.6 is 0 Å². The molecule has 18 atom stereocenters. The molecule has 0 saturated carbocycles. The minimum absolute atomic E-state index is 0.0968. The monoisotopic (exact) mass is 775 g/mol. The zero-order valence-electron chi connectivity index (χ0n) is 34.6. The smallest absolute Gasteiger partial charge is 0.311 e. The molecule has 0 amide bonds. The summed E-state index contributed by atoms with van der Waals surface area (Å²) in [7, 11) is 3.70. The van der Waals surface area contributed by atoms with Crippen LogP contribution in [0.15, 0.2) is 0 Å². The number of cyclic esters (lactones) is 1. The van der Waals surface area contributed by atoms with Gasteiger partial charge in [0.1, 0.15) is 23.6 Å². The minimum Gasteiger partial charge on any atom is -0.459 e. The molecule has 3 fully saturated rings. The van der Waals surface area contributed by atoms with Gasteiger partial charge in [0, 0.05) is 30.6 Å². The minimum atomic E-state index is -2.03. The molecule has 0 aliphatic carbocycles. The summed E-state index contributed by atoms with van der Waals surface area (Å²) < 4.78 is 37.5. The zero-order valence-corrected chi connectivity index (χ0v) is 34.6. The number of ketones is 1. The molecular weight excluding hydrogens is 706 g/mol. The maximum absolute atomic E-state index is 14.1. The molecule has 0 aromatic rings. The molecule has 0 bridgehead atoms. The van der Waals surface area contributed by atoms with Crippen molar-refractivity contribution in [1.82, 2.24) is 4.90 Å². The number of rotatable bonds is 8. The predicted octanol–water partition coefficient (Wildman–Crippen LogP) is 2.09.